The molecule has 1 aromatic heterocycles. The van der Waals surface area contributed by atoms with Crippen LogP contribution in [-0.2, 0) is 51.1 Å². The molecule has 3 rings (SSSR count). The Hall–Kier alpha value is -2.93. The molecular formula is C23H33N4O20P2-3. The highest BCUT2D eigenvalue weighted by molar-refractivity contribution is 7.59. The fourth-order valence-corrected chi connectivity index (χ4v) is 6.66. The third kappa shape index (κ3) is 10.5. The van der Waals surface area contributed by atoms with Gasteiger partial charge in [-0.05, 0) is 13.8 Å². The number of carboxylic acid groups (broad SMARTS) is 1. The number of hydrogen-bond donors (Lipinski definition) is 7. The summed E-state index contributed by atoms with van der Waals surface area (Å²) in [5.41, 5.74) is -1.85. The molecule has 3 heterocycles. The van der Waals surface area contributed by atoms with Crippen molar-refractivity contribution in [3.8, 4) is 0 Å². The van der Waals surface area contributed by atoms with Gasteiger partial charge < -0.3 is 69.5 Å². The van der Waals surface area contributed by atoms with E-state index in [4.69, 9.17) is 18.7 Å². The number of nitrogens with zero attached hydrogens (tertiary/aromatic N) is 1. The molecule has 0 aliphatic carbocycles. The van der Waals surface area contributed by atoms with E-state index >= 15 is 0 Å². The molecule has 7 N–H and O–H groups in total. The number of aromatic nitrogens is 2. The summed E-state index contributed by atoms with van der Waals surface area (Å²) >= 11 is 0. The molecule has 3 unspecified atom stereocenters. The van der Waals surface area contributed by atoms with E-state index < -0.39 is 125 Å². The molecule has 49 heavy (non-hydrogen) atoms. The zero-order valence-corrected chi connectivity index (χ0v) is 27.4. The van der Waals surface area contributed by atoms with Crippen molar-refractivity contribution in [2.24, 2.45) is 0 Å². The van der Waals surface area contributed by atoms with Crippen molar-refractivity contribution in [2.75, 3.05) is 13.2 Å². The maximum Gasteiger partial charge on any atom is 0.330 e. The molecule has 2 amide bonds. The molecule has 0 spiro atoms. The van der Waals surface area contributed by atoms with Gasteiger partial charge in [0.15, 0.2) is 12.5 Å². The minimum Gasteiger partial charge on any atom is -0.756 e. The quantitative estimate of drug-likeness (QED) is 0.0819. The van der Waals surface area contributed by atoms with Crippen molar-refractivity contribution in [1.82, 2.24) is 20.2 Å². The highest BCUT2D eigenvalue weighted by atomic mass is 31.3. The fourth-order valence-electron chi connectivity index (χ4n) is 4.58. The molecule has 13 atom stereocenters. The van der Waals surface area contributed by atoms with Crippen LogP contribution >= 0.6 is 15.6 Å². The fraction of sp³-hybridized carbons (Fsp3) is 0.696. The van der Waals surface area contributed by atoms with Gasteiger partial charge in [0.1, 0.15) is 48.8 Å². The molecule has 24 nitrogen and oxygen atoms in total. The predicted octanol–water partition coefficient (Wildman–Crippen LogP) is -7.25. The van der Waals surface area contributed by atoms with Crippen molar-refractivity contribution in [3.05, 3.63) is 33.1 Å². The maximum absolute atomic E-state index is 12.7. The molecule has 26 heteroatoms. The van der Waals surface area contributed by atoms with Gasteiger partial charge >= 0.3 is 5.69 Å². The summed E-state index contributed by atoms with van der Waals surface area (Å²) in [4.78, 5) is 85.7. The normalized spacial score (nSPS) is 32.3. The first-order valence-corrected chi connectivity index (χ1v) is 17.0. The Balaban J connectivity index is 1.73. The highest BCUT2D eigenvalue weighted by Crippen LogP contribution is 2.57. The van der Waals surface area contributed by atoms with Gasteiger partial charge in [0.2, 0.25) is 11.8 Å². The Bertz CT molecular complexity index is 1570. The average Bonchev–Trinajstić information content (AvgIpc) is 3.26. The monoisotopic (exact) mass is 747 g/mol. The van der Waals surface area contributed by atoms with Gasteiger partial charge in [0.05, 0.1) is 25.2 Å². The van der Waals surface area contributed by atoms with Crippen molar-refractivity contribution >= 4 is 33.4 Å². The number of aliphatic carboxylic acids is 1. The van der Waals surface area contributed by atoms with Gasteiger partial charge in [0.25, 0.3) is 21.2 Å². The Morgan fingerprint density at radius 3 is 2.29 bits per heavy atom. The van der Waals surface area contributed by atoms with E-state index in [9.17, 15) is 68.4 Å². The number of phosphoric acid groups is 2. The Morgan fingerprint density at radius 2 is 1.71 bits per heavy atom. The van der Waals surface area contributed by atoms with Crippen LogP contribution in [0, 0.1) is 0 Å². The van der Waals surface area contributed by atoms with E-state index in [0.29, 0.717) is 4.57 Å². The number of ether oxygens (including phenoxy) is 3. The van der Waals surface area contributed by atoms with Crippen LogP contribution in [0.25, 0.3) is 0 Å². The summed E-state index contributed by atoms with van der Waals surface area (Å²) in [6.07, 6.45) is -15.6. The number of aliphatic hydroxyl groups excluding tert-OH is 4. The average molecular weight is 747 g/mol. The number of phosphoric ester groups is 2. The summed E-state index contributed by atoms with van der Waals surface area (Å²) < 4.78 is 55.0. The Morgan fingerprint density at radius 1 is 1.06 bits per heavy atom. The summed E-state index contributed by atoms with van der Waals surface area (Å²) in [5.74, 6) is -3.62. The number of carbonyl (C=O) groups excluding carboxylic acids is 3. The highest BCUT2D eigenvalue weighted by Gasteiger charge is 2.50. The van der Waals surface area contributed by atoms with E-state index in [1.54, 1.807) is 0 Å². The molecule has 0 bridgehead atoms. The van der Waals surface area contributed by atoms with Crippen molar-refractivity contribution < 1.29 is 86.4 Å². The first kappa shape index (κ1) is 40.5. The summed E-state index contributed by atoms with van der Waals surface area (Å²) in [5, 5.41) is 56.1. The van der Waals surface area contributed by atoms with Crippen molar-refractivity contribution in [1.29, 1.82) is 0 Å². The predicted molar refractivity (Wildman–Crippen MR) is 147 cm³/mol. The number of carbonyl (C=O) groups is 3. The molecule has 0 radical (unpaired) electrons. The van der Waals surface area contributed by atoms with Crippen LogP contribution in [0.3, 0.4) is 0 Å². The number of aromatic amines is 1. The molecule has 2 saturated heterocycles. The van der Waals surface area contributed by atoms with Crippen LogP contribution < -0.4 is 36.8 Å². The van der Waals surface area contributed by atoms with Gasteiger partial charge in [-0.25, -0.2) is 9.11 Å². The van der Waals surface area contributed by atoms with Gasteiger partial charge in [-0.1, -0.05) is 0 Å². The minimum absolute atomic E-state index is 0.673. The first-order chi connectivity index (χ1) is 22.7. The van der Waals surface area contributed by atoms with Crippen molar-refractivity contribution in [2.45, 2.75) is 88.1 Å². The van der Waals surface area contributed by atoms with Crippen molar-refractivity contribution in [3.63, 3.8) is 0 Å². The van der Waals surface area contributed by atoms with Crippen LogP contribution in [0.2, 0.25) is 0 Å². The van der Waals surface area contributed by atoms with E-state index in [0.717, 1.165) is 33.0 Å². The number of carboxylic acids is 1. The van der Waals surface area contributed by atoms with Crippen LogP contribution in [0.4, 0.5) is 0 Å². The number of aliphatic hydroxyl groups is 4. The third-order valence-electron chi connectivity index (χ3n) is 6.96. The zero-order chi connectivity index (χ0) is 37.0. The van der Waals surface area contributed by atoms with Gasteiger partial charge in [-0.2, -0.15) is 0 Å². The number of rotatable bonds is 15. The SMILES string of the molecule is CC(=O)N[C@H]1C(OP(=O)([O-])OP(=O)([O-])OC[C@H]2O[C@@H](n3ccc(=O)[nH]c3=O)[C@H](O)[C@@H]2O)O[C@H](CO)[C@@H](O)[C@@H]1O[C@H](C)C(=O)N[C@@H](C)C(=O)[O-]. The van der Waals surface area contributed by atoms with Crippen LogP contribution in [0.15, 0.2) is 21.9 Å². The molecule has 2 aliphatic rings. The lowest BCUT2D eigenvalue weighted by molar-refractivity contribution is -0.307. The smallest absolute Gasteiger partial charge is 0.330 e. The Labute approximate surface area is 274 Å². The standard InChI is InChI=1S/C23H36N4O20P2/c1-8(21(35)36)24-19(34)9(2)43-18-14(25-10(3)29)22(45-11(6-28)16(18)32)46-49(40,41)47-48(38,39)42-7-12-15(31)17(33)20(44-12)27-5-4-13(30)26-23(27)37/h4-5,8-9,11-12,14-18,20,22,28,31-33H,6-7H2,1-3H3,(H,24,34)(H,25,29)(H,35,36)(H,38,39)(H,40,41)(H,26,30,37)/p-3/t8-,9+,11+,12+,14+,15+,16+,17+,18+,20+,22?/m0/s1. The molecule has 0 saturated carbocycles. The lowest BCUT2D eigenvalue weighted by atomic mass is 9.96. The molecule has 2 fully saturated rings. The van der Waals surface area contributed by atoms with E-state index in [2.05, 4.69) is 14.2 Å². The lowest BCUT2D eigenvalue weighted by Gasteiger charge is -2.46. The molecule has 1 aromatic rings. The van der Waals surface area contributed by atoms with Gasteiger partial charge in [0, 0.05) is 19.2 Å². The molecule has 278 valence electrons. The van der Waals surface area contributed by atoms with Crippen LogP contribution in [0.1, 0.15) is 27.0 Å². The second-order valence-electron chi connectivity index (χ2n) is 10.7. The summed E-state index contributed by atoms with van der Waals surface area (Å²) in [6, 6.07) is -2.46. The minimum atomic E-state index is -6.12. The second-order valence-corrected chi connectivity index (χ2v) is 13.6. The van der Waals surface area contributed by atoms with E-state index in [1.165, 1.54) is 0 Å². The maximum atomic E-state index is 12.7. The topological polar surface area (TPSA) is 370 Å². The lowest BCUT2D eigenvalue weighted by Crippen LogP contribution is -2.66. The summed E-state index contributed by atoms with van der Waals surface area (Å²) in [7, 11) is -12.1. The molecular weight excluding hydrogens is 714 g/mol. The largest absolute Gasteiger partial charge is 0.756 e. The third-order valence-corrected chi connectivity index (χ3v) is 9.49. The zero-order valence-electron chi connectivity index (χ0n) is 25.6. The van der Waals surface area contributed by atoms with Gasteiger partial charge in [-0.15, -0.1) is 0 Å². The Kier molecular flexibility index (Phi) is 13.6. The summed E-state index contributed by atoms with van der Waals surface area (Å²) in [6.45, 7) is 0.862. The van der Waals surface area contributed by atoms with E-state index in [-0.39, 0.29) is 0 Å². The molecule has 0 aromatic carbocycles. The molecule has 2 aliphatic heterocycles. The number of nitrogens with one attached hydrogen (secondary N) is 3. The van der Waals surface area contributed by atoms with Crippen LogP contribution in [-0.4, -0.2) is 122 Å². The number of hydrogen-bond acceptors (Lipinski definition) is 20. The van der Waals surface area contributed by atoms with Crippen LogP contribution in [0.5, 0.6) is 0 Å². The first-order valence-electron chi connectivity index (χ1n) is 14.0. The second kappa shape index (κ2) is 16.4. The van der Waals surface area contributed by atoms with Gasteiger partial charge in [-0.3, -0.25) is 37.6 Å². The number of H-pyrrole nitrogens is 1. The number of amides is 2. The van der Waals surface area contributed by atoms with E-state index in [1.807, 2.05) is 10.3 Å².